The molecule has 0 saturated carbocycles. The number of fused-ring (bicyclic) bond motifs is 2. The van der Waals surface area contributed by atoms with E-state index in [1.54, 1.807) is 10.9 Å². The van der Waals surface area contributed by atoms with E-state index in [0.717, 1.165) is 0 Å². The van der Waals surface area contributed by atoms with Gasteiger partial charge < -0.3 is 49.3 Å². The molecule has 21 heteroatoms. The average molecular weight is 629 g/mol. The van der Waals surface area contributed by atoms with E-state index in [4.69, 9.17) is 51.2 Å². The van der Waals surface area contributed by atoms with Gasteiger partial charge in [-0.05, 0) is 24.6 Å². The number of nitrogens with zero attached hydrogens (tertiary/aromatic N) is 7. The lowest BCUT2D eigenvalue weighted by molar-refractivity contribution is -0.0478. The van der Waals surface area contributed by atoms with E-state index in [1.807, 2.05) is 0 Å². The summed E-state index contributed by atoms with van der Waals surface area (Å²) >= 11 is 5.31. The molecule has 18 nitrogen and oxygen atoms in total. The normalized spacial score (nSPS) is 26.5. The van der Waals surface area contributed by atoms with Crippen molar-refractivity contribution in [3.8, 4) is 0 Å². The van der Waals surface area contributed by atoms with Crippen molar-refractivity contribution in [3.63, 3.8) is 0 Å². The van der Waals surface area contributed by atoms with Gasteiger partial charge in [-0.1, -0.05) is 0 Å². The summed E-state index contributed by atoms with van der Waals surface area (Å²) in [5.74, 6) is 0.350. The zero-order valence-corrected chi connectivity index (χ0v) is 23.8. The summed E-state index contributed by atoms with van der Waals surface area (Å²) in [6.45, 7) is -3.87. The highest BCUT2D eigenvalue weighted by molar-refractivity contribution is 8.07. The van der Waals surface area contributed by atoms with Gasteiger partial charge in [0.2, 0.25) is 0 Å². The first-order chi connectivity index (χ1) is 19.7. The molecule has 6 unspecified atom stereocenters. The van der Waals surface area contributed by atoms with Crippen LogP contribution in [0.15, 0.2) is 23.8 Å². The lowest BCUT2D eigenvalue weighted by Crippen LogP contribution is -2.30. The number of H-pyrrole nitrogens is 1. The van der Waals surface area contributed by atoms with E-state index in [9.17, 15) is 9.69 Å². The Hall–Kier alpha value is -2.70. The number of hydrogen-bond acceptors (Lipinski definition) is 15. The third kappa shape index (κ3) is 5.70. The second kappa shape index (κ2) is 11.5. The number of nitrogen functional groups attached to an aromatic ring is 2. The third-order valence-corrected chi connectivity index (χ3v) is 8.63. The minimum Gasteiger partial charge on any atom is -0.382 e. The minimum absolute atomic E-state index is 0.0193. The summed E-state index contributed by atoms with van der Waals surface area (Å²) in [6.07, 6.45) is 2.25. The summed E-state index contributed by atoms with van der Waals surface area (Å²) in [4.78, 5) is 56.0. The number of ether oxygens (including phenoxy) is 2. The number of anilines is 2. The topological polar surface area (TPSA) is 246 Å². The van der Waals surface area contributed by atoms with E-state index < -0.39 is 46.0 Å². The fraction of sp³-hybridized carbons (Fsp3) is 0.500. The highest BCUT2D eigenvalue weighted by Gasteiger charge is 2.43. The lowest BCUT2D eigenvalue weighted by atomic mass is 10.2. The van der Waals surface area contributed by atoms with Gasteiger partial charge in [0.1, 0.15) is 36.0 Å². The van der Waals surface area contributed by atoms with Crippen LogP contribution in [0.1, 0.15) is 31.7 Å². The Morgan fingerprint density at radius 3 is 2.68 bits per heavy atom. The maximum Gasteiger partial charge on any atom is 0.330 e. The molecule has 0 aliphatic carbocycles. The Morgan fingerprint density at radius 2 is 1.88 bits per heavy atom. The fourth-order valence-corrected chi connectivity index (χ4v) is 6.66. The Labute approximate surface area is 237 Å². The Morgan fingerprint density at radius 1 is 1.10 bits per heavy atom. The van der Waals surface area contributed by atoms with Crippen LogP contribution in [0.5, 0.6) is 0 Å². The van der Waals surface area contributed by atoms with Gasteiger partial charge in [-0.2, -0.15) is 0 Å². The van der Waals surface area contributed by atoms with Crippen LogP contribution in [0, 0.1) is 0 Å². The molecule has 2 aliphatic heterocycles. The minimum atomic E-state index is -3.85. The zero-order chi connectivity index (χ0) is 28.7. The van der Waals surface area contributed by atoms with Gasteiger partial charge in [-0.3, -0.25) is 4.57 Å². The van der Waals surface area contributed by atoms with Gasteiger partial charge in [0.15, 0.2) is 38.2 Å². The predicted molar refractivity (Wildman–Crippen MR) is 148 cm³/mol. The first-order valence-corrected chi connectivity index (χ1v) is 15.8. The predicted octanol–water partition coefficient (Wildman–Crippen LogP) is 0.225. The van der Waals surface area contributed by atoms with Crippen molar-refractivity contribution in [1.29, 1.82) is 0 Å². The van der Waals surface area contributed by atoms with Gasteiger partial charge in [0, 0.05) is 6.42 Å². The van der Waals surface area contributed by atoms with Crippen LogP contribution in [0.3, 0.4) is 0 Å². The molecule has 0 radical (unpaired) electrons. The van der Waals surface area contributed by atoms with Crippen molar-refractivity contribution in [2.24, 2.45) is 0 Å². The molecule has 2 fully saturated rings. The van der Waals surface area contributed by atoms with Gasteiger partial charge in [0.25, 0.3) is 0 Å². The molecule has 0 amide bonds. The van der Waals surface area contributed by atoms with Crippen molar-refractivity contribution >= 4 is 61.5 Å². The van der Waals surface area contributed by atoms with Crippen molar-refractivity contribution in [2.75, 3.05) is 24.7 Å². The van der Waals surface area contributed by atoms with Crippen molar-refractivity contribution in [2.45, 2.75) is 50.0 Å². The first kappa shape index (κ1) is 28.4. The molecule has 6 heterocycles. The number of aromatic nitrogens is 8. The molecule has 2 aliphatic rings. The van der Waals surface area contributed by atoms with Crippen LogP contribution in [-0.4, -0.2) is 80.4 Å². The number of nitrogens with one attached hydrogen (secondary N) is 1. The number of hydrogen-bond donors (Lipinski definition) is 5. The van der Waals surface area contributed by atoms with Crippen LogP contribution >= 0.6 is 15.8 Å². The maximum atomic E-state index is 12.9. The summed E-state index contributed by atoms with van der Waals surface area (Å²) in [7, 11) is -0.756. The maximum absolute atomic E-state index is 12.9. The molecule has 220 valence electrons. The molecule has 41 heavy (non-hydrogen) atoms. The molecule has 7 N–H and O–H groups in total. The average Bonchev–Trinajstić information content (AvgIpc) is 3.72. The fourth-order valence-electron chi connectivity index (χ4n) is 4.94. The zero-order valence-electron chi connectivity index (χ0n) is 21.1. The van der Waals surface area contributed by atoms with Crippen LogP contribution in [0.2, 0.25) is 0 Å². The molecule has 2 saturated heterocycles. The summed E-state index contributed by atoms with van der Waals surface area (Å²) in [5.41, 5.74) is 12.6. The second-order valence-corrected chi connectivity index (χ2v) is 12.6. The standard InChI is InChI=1S/C20H26N10O8P2S/c21-15-13-17(25-6-23-15)29(8-27-13)12-2-1-9(36-12)5-35-40(33,41)38-11-3-10(4-34-39-32)37-19(11)30-18-14(28-20(30)31)16(22)24-7-26-18/h6-12,19,32,39H,1-5H2,(H,28,31)(H,33,41)(H2,21,23,25)(H2,22,24,26)/t9?,10?,11-,12?,19?,40?/m1/s1. The first-order valence-electron chi connectivity index (χ1n) is 12.4. The molecule has 4 aromatic heterocycles. The lowest BCUT2D eigenvalue weighted by Gasteiger charge is -2.25. The van der Waals surface area contributed by atoms with Crippen LogP contribution in [-0.2, 0) is 34.9 Å². The van der Waals surface area contributed by atoms with Crippen LogP contribution in [0.25, 0.3) is 22.3 Å². The molecule has 6 rings (SSSR count). The molecular weight excluding hydrogens is 602 g/mol. The quantitative estimate of drug-likeness (QED) is 0.147. The second-order valence-electron chi connectivity index (χ2n) is 9.33. The van der Waals surface area contributed by atoms with Crippen LogP contribution in [0.4, 0.5) is 11.6 Å². The smallest absolute Gasteiger partial charge is 0.330 e. The number of aromatic amines is 1. The van der Waals surface area contributed by atoms with E-state index >= 15 is 0 Å². The summed E-state index contributed by atoms with van der Waals surface area (Å²) in [5, 5.41) is 0. The van der Waals surface area contributed by atoms with Crippen molar-refractivity contribution in [1.82, 2.24) is 39.0 Å². The SMILES string of the molecule is Nc1ncnc2c1ncn2C1CCC(COP(O)(=S)O[C@@H]2CC(COPO)OC2n2c(=O)[nH]c3c(N)ncnc32)O1. The van der Waals surface area contributed by atoms with Crippen molar-refractivity contribution in [3.05, 3.63) is 29.5 Å². The van der Waals surface area contributed by atoms with E-state index in [-0.39, 0.29) is 48.7 Å². The highest BCUT2D eigenvalue weighted by atomic mass is 32.5. The van der Waals surface area contributed by atoms with Gasteiger partial charge in [-0.15, -0.1) is 0 Å². The highest BCUT2D eigenvalue weighted by Crippen LogP contribution is 2.50. The Bertz CT molecular complexity index is 1670. The van der Waals surface area contributed by atoms with Gasteiger partial charge >= 0.3 is 12.4 Å². The van der Waals surface area contributed by atoms with E-state index in [1.165, 1.54) is 17.2 Å². The Balaban J connectivity index is 1.14. The van der Waals surface area contributed by atoms with Crippen molar-refractivity contribution < 1.29 is 32.8 Å². The third-order valence-electron chi connectivity index (χ3n) is 6.74. The molecule has 0 aromatic carbocycles. The molecule has 4 aromatic rings. The van der Waals surface area contributed by atoms with E-state index in [0.29, 0.717) is 24.0 Å². The summed E-state index contributed by atoms with van der Waals surface area (Å²) < 4.78 is 31.7. The molecular formula is C20H26N10O8P2S. The molecule has 0 bridgehead atoms. The molecule has 0 spiro atoms. The molecule has 7 atom stereocenters. The van der Waals surface area contributed by atoms with Crippen LogP contribution < -0.4 is 17.2 Å². The summed E-state index contributed by atoms with van der Waals surface area (Å²) in [6, 6.07) is 0. The van der Waals surface area contributed by atoms with Gasteiger partial charge in [-0.25, -0.2) is 34.3 Å². The Kier molecular flexibility index (Phi) is 7.99. The van der Waals surface area contributed by atoms with E-state index in [2.05, 4.69) is 29.9 Å². The monoisotopic (exact) mass is 628 g/mol. The van der Waals surface area contributed by atoms with Gasteiger partial charge in [0.05, 0.1) is 31.7 Å². The number of imidazole rings is 2. The number of rotatable bonds is 10. The number of nitrogens with two attached hydrogens (primary N) is 2. The largest absolute Gasteiger partial charge is 0.382 e.